The van der Waals surface area contributed by atoms with Gasteiger partial charge in [-0.1, -0.05) is 6.07 Å². The van der Waals surface area contributed by atoms with E-state index in [-0.39, 0.29) is 5.75 Å². The van der Waals surface area contributed by atoms with Gasteiger partial charge in [-0.15, -0.1) is 0 Å². The highest BCUT2D eigenvalue weighted by Crippen LogP contribution is 2.50. The minimum atomic E-state index is -3.19. The predicted octanol–water partition coefficient (Wildman–Crippen LogP) is 2.29. The molecule has 19 heavy (non-hydrogen) atoms. The molecule has 0 spiro atoms. The first-order chi connectivity index (χ1) is 8.84. The van der Waals surface area contributed by atoms with Crippen LogP contribution in [0.1, 0.15) is 0 Å². The number of para-hydroxylation sites is 1. The fourth-order valence-corrected chi connectivity index (χ4v) is 2.68. The number of hydrogen-bond donors (Lipinski definition) is 0. The molecule has 0 fully saturated rings. The van der Waals surface area contributed by atoms with E-state index in [0.29, 0.717) is 0 Å². The van der Waals surface area contributed by atoms with Crippen molar-refractivity contribution in [3.63, 3.8) is 0 Å². The summed E-state index contributed by atoms with van der Waals surface area (Å²) in [6.07, 6.45) is 0. The van der Waals surface area contributed by atoms with E-state index < -0.39 is 30.3 Å². The van der Waals surface area contributed by atoms with Crippen molar-refractivity contribution in [1.82, 2.24) is 0 Å². The van der Waals surface area contributed by atoms with Crippen molar-refractivity contribution in [1.29, 1.82) is 0 Å². The van der Waals surface area contributed by atoms with Crippen molar-refractivity contribution >= 4 is 37.2 Å². The molecule has 11 heteroatoms. The lowest BCUT2D eigenvalue weighted by atomic mass is 10.3. The van der Waals surface area contributed by atoms with Crippen LogP contribution in [-0.2, 0) is 30.0 Å². The molecule has 0 saturated heterocycles. The molecule has 1 rings (SSSR count). The summed E-state index contributed by atoms with van der Waals surface area (Å²) in [7, 11) is -0.680. The molecule has 0 aliphatic carbocycles. The topological polar surface area (TPSA) is 105 Å². The second-order valence-electron chi connectivity index (χ2n) is 3.04. The lowest BCUT2D eigenvalue weighted by molar-refractivity contribution is -0.384. The number of nitrogens with zero attached hydrogens (tertiary/aromatic N) is 1. The predicted molar refractivity (Wildman–Crippen MR) is 70.0 cm³/mol. The Morgan fingerprint density at radius 1 is 1.32 bits per heavy atom. The lowest BCUT2D eigenvalue weighted by Crippen LogP contribution is -2.07. The van der Waals surface area contributed by atoms with Gasteiger partial charge in [-0.05, 0) is 12.1 Å². The fraction of sp³-hybridized carbons (Fsp3) is 0.250. The molecule has 8 nitrogen and oxygen atoms in total. The third-order valence-electron chi connectivity index (χ3n) is 2.01. The van der Waals surface area contributed by atoms with Gasteiger partial charge in [-0.3, -0.25) is 10.1 Å². The molecule has 0 heterocycles. The summed E-state index contributed by atoms with van der Waals surface area (Å²) in [6, 6.07) is 3.62. The molecule has 0 aromatic heterocycles. The Kier molecular flexibility index (Phi) is 5.34. The van der Waals surface area contributed by atoms with Gasteiger partial charge in [0.05, 0.1) is 4.92 Å². The molecule has 1 aromatic rings. The highest BCUT2D eigenvalue weighted by Gasteiger charge is 2.29. The SMILES string of the molecule is COP(=S)(OC)Oc1cccc(P(=O)=O)c1[N+](=O)[O-]. The average molecular weight is 325 g/mol. The average Bonchev–Trinajstić information content (AvgIpc) is 2.37. The summed E-state index contributed by atoms with van der Waals surface area (Å²) in [4.78, 5) is 10.1. The zero-order chi connectivity index (χ0) is 14.6. The first kappa shape index (κ1) is 15.9. The summed E-state index contributed by atoms with van der Waals surface area (Å²) in [5.41, 5.74) is -0.693. The standard InChI is InChI=1S/C8H9NO7P2S/c1-14-18(19,15-2)16-6-4-3-5-7(17(12)13)8(6)9(10)11/h3-5H,1-2H3. The first-order valence-electron chi connectivity index (χ1n) is 4.67. The van der Waals surface area contributed by atoms with Crippen LogP contribution in [0.2, 0.25) is 0 Å². The maximum Gasteiger partial charge on any atom is 0.380 e. The van der Waals surface area contributed by atoms with Gasteiger partial charge in [0, 0.05) is 26.0 Å². The van der Waals surface area contributed by atoms with Crippen LogP contribution in [-0.4, -0.2) is 19.1 Å². The molecule has 0 atom stereocenters. The number of nitro groups is 1. The van der Waals surface area contributed by atoms with Gasteiger partial charge >= 0.3 is 20.1 Å². The minimum absolute atomic E-state index is 0.311. The Hall–Kier alpha value is -1.11. The van der Waals surface area contributed by atoms with Crippen LogP contribution in [0.3, 0.4) is 0 Å². The van der Waals surface area contributed by atoms with E-state index >= 15 is 0 Å². The normalized spacial score (nSPS) is 11.1. The van der Waals surface area contributed by atoms with Crippen molar-refractivity contribution in [3.8, 4) is 5.75 Å². The van der Waals surface area contributed by atoms with E-state index in [9.17, 15) is 19.2 Å². The van der Waals surface area contributed by atoms with Gasteiger partial charge in [0.15, 0.2) is 5.30 Å². The van der Waals surface area contributed by atoms with E-state index in [2.05, 4.69) is 0 Å². The van der Waals surface area contributed by atoms with E-state index in [0.717, 1.165) is 6.07 Å². The maximum atomic E-state index is 11.0. The van der Waals surface area contributed by atoms with Gasteiger partial charge < -0.3 is 13.6 Å². The Bertz CT molecular complexity index is 599. The van der Waals surface area contributed by atoms with Crippen molar-refractivity contribution in [2.24, 2.45) is 0 Å². The van der Waals surface area contributed by atoms with Gasteiger partial charge in [0.2, 0.25) is 5.75 Å². The highest BCUT2D eigenvalue weighted by atomic mass is 32.5. The van der Waals surface area contributed by atoms with Crippen LogP contribution in [0.5, 0.6) is 5.75 Å². The van der Waals surface area contributed by atoms with Crippen molar-refractivity contribution < 1.29 is 27.6 Å². The summed E-state index contributed by atoms with van der Waals surface area (Å²) >= 11 is 4.91. The summed E-state index contributed by atoms with van der Waals surface area (Å²) in [5.74, 6) is -0.311. The molecule has 0 N–H and O–H groups in total. The second kappa shape index (κ2) is 6.36. The molecule has 0 saturated carbocycles. The zero-order valence-electron chi connectivity index (χ0n) is 9.84. The lowest BCUT2D eigenvalue weighted by Gasteiger charge is -2.18. The largest absolute Gasteiger partial charge is 0.417 e. The number of hydrogen-bond acceptors (Lipinski definition) is 8. The van der Waals surface area contributed by atoms with Crippen LogP contribution in [0, 0.1) is 10.1 Å². The summed E-state index contributed by atoms with van der Waals surface area (Å²) < 4.78 is 36.8. The molecule has 0 radical (unpaired) electrons. The monoisotopic (exact) mass is 325 g/mol. The van der Waals surface area contributed by atoms with Crippen molar-refractivity contribution in [2.45, 2.75) is 0 Å². The Labute approximate surface area is 113 Å². The minimum Gasteiger partial charge on any atom is -0.417 e. The van der Waals surface area contributed by atoms with E-state index in [1.807, 2.05) is 0 Å². The van der Waals surface area contributed by atoms with Crippen molar-refractivity contribution in [3.05, 3.63) is 28.3 Å². The van der Waals surface area contributed by atoms with Gasteiger partial charge in [0.1, 0.15) is 0 Å². The Balaban J connectivity index is 3.40. The number of rotatable bonds is 6. The third kappa shape index (κ3) is 3.68. The maximum absolute atomic E-state index is 11.0. The smallest absolute Gasteiger partial charge is 0.380 e. The summed E-state index contributed by atoms with van der Waals surface area (Å²) in [6.45, 7) is -3.19. The van der Waals surface area contributed by atoms with Gasteiger partial charge in [-0.25, -0.2) is 9.13 Å². The molecule has 104 valence electrons. The first-order valence-corrected chi connectivity index (χ1v) is 8.41. The number of benzene rings is 1. The molecule has 0 unspecified atom stereocenters. The van der Waals surface area contributed by atoms with Gasteiger partial charge in [0.25, 0.3) is 0 Å². The molecule has 0 aliphatic heterocycles. The van der Waals surface area contributed by atoms with Crippen LogP contribution >= 0.6 is 14.4 Å². The molecule has 1 aromatic carbocycles. The zero-order valence-corrected chi connectivity index (χ0v) is 12.4. The van der Waals surface area contributed by atoms with Crippen LogP contribution in [0.4, 0.5) is 5.69 Å². The third-order valence-corrected chi connectivity index (χ3v) is 5.20. The van der Waals surface area contributed by atoms with Crippen LogP contribution < -0.4 is 9.83 Å². The fourth-order valence-electron chi connectivity index (χ4n) is 1.18. The summed E-state index contributed by atoms with van der Waals surface area (Å²) in [5, 5.41) is 10.5. The molecule has 0 bridgehead atoms. The molecular formula is C8H9NO7P2S. The molecule has 0 amide bonds. The van der Waals surface area contributed by atoms with Crippen LogP contribution in [0.25, 0.3) is 0 Å². The van der Waals surface area contributed by atoms with E-state index in [1.165, 1.54) is 26.4 Å². The molecule has 0 aliphatic rings. The molecular weight excluding hydrogens is 316 g/mol. The van der Waals surface area contributed by atoms with E-state index in [1.54, 1.807) is 0 Å². The Morgan fingerprint density at radius 2 is 1.89 bits per heavy atom. The van der Waals surface area contributed by atoms with Gasteiger partial charge in [-0.2, -0.15) is 0 Å². The Morgan fingerprint density at radius 3 is 2.32 bits per heavy atom. The quantitative estimate of drug-likeness (QED) is 0.445. The van der Waals surface area contributed by atoms with Crippen molar-refractivity contribution in [2.75, 3.05) is 14.2 Å². The van der Waals surface area contributed by atoms with E-state index in [4.69, 9.17) is 25.4 Å². The van der Waals surface area contributed by atoms with Crippen LogP contribution in [0.15, 0.2) is 18.2 Å². The highest BCUT2D eigenvalue weighted by molar-refractivity contribution is 8.07. The second-order valence-corrected chi connectivity index (χ2v) is 7.19. The number of nitro benzene ring substituents is 1.